The molecule has 0 amide bonds. The molecule has 2 heteroatoms. The summed E-state index contributed by atoms with van der Waals surface area (Å²) in [5.41, 5.74) is 1.17. The van der Waals surface area contributed by atoms with Crippen LogP contribution in [0.5, 0.6) is 5.75 Å². The smallest absolute Gasteiger partial charge is 0.118 e. The van der Waals surface area contributed by atoms with Gasteiger partial charge < -0.3 is 4.74 Å². The van der Waals surface area contributed by atoms with Crippen molar-refractivity contribution in [3.8, 4) is 5.75 Å². The number of halogens is 1. The number of hydrogen-bond acceptors (Lipinski definition) is 1. The lowest BCUT2D eigenvalue weighted by atomic mass is 10.1. The van der Waals surface area contributed by atoms with Gasteiger partial charge in [0.1, 0.15) is 5.75 Å². The lowest BCUT2D eigenvalue weighted by molar-refractivity contribution is 0.414. The molecule has 0 heterocycles. The fourth-order valence-corrected chi connectivity index (χ4v) is 1.60. The zero-order chi connectivity index (χ0) is 9.68. The van der Waals surface area contributed by atoms with Crippen LogP contribution >= 0.6 is 11.6 Å². The maximum atomic E-state index is 6.16. The van der Waals surface area contributed by atoms with E-state index >= 15 is 0 Å². The number of methoxy groups -OCH3 is 1. The third-order valence-electron chi connectivity index (χ3n) is 2.02. The number of alkyl halides is 1. The van der Waals surface area contributed by atoms with Crippen LogP contribution in [0.3, 0.4) is 0 Å². The maximum absolute atomic E-state index is 6.16. The normalized spacial score (nSPS) is 12.5. The third-order valence-corrected chi connectivity index (χ3v) is 2.49. The molecule has 0 spiro atoms. The van der Waals surface area contributed by atoms with Crippen LogP contribution in [-0.4, -0.2) is 7.11 Å². The molecule has 72 valence electrons. The Labute approximate surface area is 84.7 Å². The van der Waals surface area contributed by atoms with Crippen LogP contribution in [0.4, 0.5) is 0 Å². The highest BCUT2D eigenvalue weighted by Gasteiger charge is 2.05. The molecule has 0 aliphatic carbocycles. The monoisotopic (exact) mass is 198 g/mol. The van der Waals surface area contributed by atoms with Gasteiger partial charge in [-0.3, -0.25) is 0 Å². The van der Waals surface area contributed by atoms with Crippen molar-refractivity contribution in [2.24, 2.45) is 0 Å². The topological polar surface area (TPSA) is 9.23 Å². The van der Waals surface area contributed by atoms with Crippen LogP contribution in [0.2, 0.25) is 0 Å². The first-order chi connectivity index (χ1) is 6.27. The van der Waals surface area contributed by atoms with Crippen LogP contribution in [-0.2, 0) is 0 Å². The summed E-state index contributed by atoms with van der Waals surface area (Å²) < 4.78 is 5.07. The largest absolute Gasteiger partial charge is 0.497 e. The molecule has 1 unspecified atom stereocenters. The Bertz CT molecular complexity index is 243. The molecular formula is C11H15ClO. The number of hydrogen-bond donors (Lipinski definition) is 0. The lowest BCUT2D eigenvalue weighted by Crippen LogP contribution is -1.90. The predicted octanol–water partition coefficient (Wildman–Crippen LogP) is 3.78. The van der Waals surface area contributed by atoms with Gasteiger partial charge in [0.15, 0.2) is 0 Å². The summed E-state index contributed by atoms with van der Waals surface area (Å²) in [4.78, 5) is 0. The van der Waals surface area contributed by atoms with E-state index in [2.05, 4.69) is 6.92 Å². The van der Waals surface area contributed by atoms with E-state index in [0.29, 0.717) is 0 Å². The van der Waals surface area contributed by atoms with Crippen LogP contribution in [0.15, 0.2) is 24.3 Å². The lowest BCUT2D eigenvalue weighted by Gasteiger charge is -2.08. The highest BCUT2D eigenvalue weighted by molar-refractivity contribution is 6.20. The minimum atomic E-state index is 0.135. The average Bonchev–Trinajstić information content (AvgIpc) is 2.18. The fourth-order valence-electron chi connectivity index (χ4n) is 1.23. The Morgan fingerprint density at radius 1 is 1.31 bits per heavy atom. The van der Waals surface area contributed by atoms with Crippen LogP contribution in [0.25, 0.3) is 0 Å². The van der Waals surface area contributed by atoms with Crippen molar-refractivity contribution in [2.45, 2.75) is 25.1 Å². The third kappa shape index (κ3) is 2.92. The number of ether oxygens (including phenoxy) is 1. The van der Waals surface area contributed by atoms with Crippen molar-refractivity contribution < 1.29 is 4.74 Å². The molecule has 0 fully saturated rings. The molecule has 0 aliphatic rings. The Morgan fingerprint density at radius 3 is 2.38 bits per heavy atom. The summed E-state index contributed by atoms with van der Waals surface area (Å²) in [5, 5.41) is 0.135. The highest BCUT2D eigenvalue weighted by atomic mass is 35.5. The molecule has 1 rings (SSSR count). The fraction of sp³-hybridized carbons (Fsp3) is 0.455. The Kier molecular flexibility index (Phi) is 4.10. The first-order valence-electron chi connectivity index (χ1n) is 4.56. The van der Waals surface area contributed by atoms with Crippen molar-refractivity contribution in [3.05, 3.63) is 29.8 Å². The van der Waals surface area contributed by atoms with Crippen LogP contribution < -0.4 is 4.74 Å². The molecule has 0 bridgehead atoms. The first-order valence-corrected chi connectivity index (χ1v) is 4.99. The van der Waals surface area contributed by atoms with Gasteiger partial charge in [0.25, 0.3) is 0 Å². The van der Waals surface area contributed by atoms with E-state index in [1.54, 1.807) is 7.11 Å². The van der Waals surface area contributed by atoms with Gasteiger partial charge >= 0.3 is 0 Å². The van der Waals surface area contributed by atoms with Gasteiger partial charge in [-0.05, 0) is 24.1 Å². The van der Waals surface area contributed by atoms with Crippen molar-refractivity contribution in [3.63, 3.8) is 0 Å². The summed E-state index contributed by atoms with van der Waals surface area (Å²) in [6.45, 7) is 2.14. The van der Waals surface area contributed by atoms with Gasteiger partial charge in [-0.25, -0.2) is 0 Å². The van der Waals surface area contributed by atoms with E-state index < -0.39 is 0 Å². The van der Waals surface area contributed by atoms with E-state index in [9.17, 15) is 0 Å². The molecule has 1 nitrogen and oxygen atoms in total. The second-order valence-corrected chi connectivity index (χ2v) is 3.56. The minimum Gasteiger partial charge on any atom is -0.497 e. The standard InChI is InChI=1S/C11H15ClO/c1-3-4-11(12)9-5-7-10(13-2)8-6-9/h5-8,11H,3-4H2,1-2H3. The van der Waals surface area contributed by atoms with Gasteiger partial charge in [0, 0.05) is 0 Å². The van der Waals surface area contributed by atoms with Crippen molar-refractivity contribution in [2.75, 3.05) is 7.11 Å². The van der Waals surface area contributed by atoms with E-state index in [-0.39, 0.29) is 5.38 Å². The van der Waals surface area contributed by atoms with Gasteiger partial charge in [-0.15, -0.1) is 11.6 Å². The van der Waals surface area contributed by atoms with E-state index in [0.717, 1.165) is 18.6 Å². The maximum Gasteiger partial charge on any atom is 0.118 e. The van der Waals surface area contributed by atoms with E-state index in [1.807, 2.05) is 24.3 Å². The van der Waals surface area contributed by atoms with Gasteiger partial charge in [-0.1, -0.05) is 25.5 Å². The summed E-state index contributed by atoms with van der Waals surface area (Å²) in [5.74, 6) is 0.879. The zero-order valence-corrected chi connectivity index (χ0v) is 8.84. The Morgan fingerprint density at radius 2 is 1.92 bits per heavy atom. The molecule has 0 radical (unpaired) electrons. The predicted molar refractivity (Wildman–Crippen MR) is 56.5 cm³/mol. The second kappa shape index (κ2) is 5.13. The minimum absolute atomic E-state index is 0.135. The molecule has 0 aliphatic heterocycles. The molecule has 1 atom stereocenters. The molecule has 0 N–H and O–H groups in total. The van der Waals surface area contributed by atoms with Crippen molar-refractivity contribution in [1.82, 2.24) is 0 Å². The van der Waals surface area contributed by atoms with Crippen LogP contribution in [0, 0.1) is 0 Å². The molecule has 1 aromatic rings. The van der Waals surface area contributed by atoms with Gasteiger partial charge in [-0.2, -0.15) is 0 Å². The summed E-state index contributed by atoms with van der Waals surface area (Å²) in [7, 11) is 1.67. The van der Waals surface area contributed by atoms with Crippen LogP contribution in [0.1, 0.15) is 30.7 Å². The molecule has 1 aromatic carbocycles. The molecule has 0 saturated heterocycles. The first kappa shape index (κ1) is 10.4. The summed E-state index contributed by atoms with van der Waals surface area (Å²) in [6.07, 6.45) is 2.13. The van der Waals surface area contributed by atoms with E-state index in [4.69, 9.17) is 16.3 Å². The van der Waals surface area contributed by atoms with Gasteiger partial charge in [0.2, 0.25) is 0 Å². The molecular weight excluding hydrogens is 184 g/mol. The zero-order valence-electron chi connectivity index (χ0n) is 8.09. The Balaban J connectivity index is 2.67. The summed E-state index contributed by atoms with van der Waals surface area (Å²) >= 11 is 6.16. The van der Waals surface area contributed by atoms with Crippen molar-refractivity contribution >= 4 is 11.6 Å². The summed E-state index contributed by atoms with van der Waals surface area (Å²) in [6, 6.07) is 7.93. The SMILES string of the molecule is CCCC(Cl)c1ccc(OC)cc1. The Hall–Kier alpha value is -0.690. The second-order valence-electron chi connectivity index (χ2n) is 3.03. The quantitative estimate of drug-likeness (QED) is 0.670. The average molecular weight is 199 g/mol. The molecule has 0 saturated carbocycles. The van der Waals surface area contributed by atoms with Gasteiger partial charge in [0.05, 0.1) is 12.5 Å². The van der Waals surface area contributed by atoms with E-state index in [1.165, 1.54) is 5.56 Å². The van der Waals surface area contributed by atoms with Crippen molar-refractivity contribution in [1.29, 1.82) is 0 Å². The number of benzene rings is 1. The number of rotatable bonds is 4. The highest BCUT2D eigenvalue weighted by Crippen LogP contribution is 2.26. The molecule has 13 heavy (non-hydrogen) atoms. The molecule has 0 aromatic heterocycles.